The molecule has 2 unspecified atom stereocenters. The summed E-state index contributed by atoms with van der Waals surface area (Å²) in [5.41, 5.74) is 5.40. The topological polar surface area (TPSA) is 38.0 Å². The molecule has 3 N–H and O–H groups in total. The standard InChI is InChI=1S/C4H13N2P/c1-6-3-2-4(5)7/h4,6H,2-3,5,7H2,1H3. The first kappa shape index (κ1) is 7.35. The van der Waals surface area contributed by atoms with Crippen molar-refractivity contribution in [2.75, 3.05) is 13.6 Å². The molecule has 44 valence electrons. The highest BCUT2D eigenvalue weighted by molar-refractivity contribution is 7.17. The molecular weight excluding hydrogens is 107 g/mol. The van der Waals surface area contributed by atoms with Crippen LogP contribution in [0.15, 0.2) is 0 Å². The lowest BCUT2D eigenvalue weighted by atomic mass is 10.4. The van der Waals surface area contributed by atoms with Crippen molar-refractivity contribution >= 4 is 9.24 Å². The van der Waals surface area contributed by atoms with E-state index < -0.39 is 0 Å². The molecule has 0 aromatic carbocycles. The molecule has 0 aromatic heterocycles. The summed E-state index contributed by atoms with van der Waals surface area (Å²) < 4.78 is 0. The molecule has 0 heterocycles. The van der Waals surface area contributed by atoms with Crippen LogP contribution in [-0.2, 0) is 0 Å². The van der Waals surface area contributed by atoms with Gasteiger partial charge in [0.2, 0.25) is 0 Å². The molecule has 0 spiro atoms. The Hall–Kier alpha value is 0.350. The zero-order valence-electron chi connectivity index (χ0n) is 4.65. The monoisotopic (exact) mass is 120 g/mol. The smallest absolute Gasteiger partial charge is 0.0196 e. The second-order valence-electron chi connectivity index (χ2n) is 1.56. The molecule has 0 saturated carbocycles. The molecule has 7 heavy (non-hydrogen) atoms. The fourth-order valence-corrected chi connectivity index (χ4v) is 0.478. The van der Waals surface area contributed by atoms with Crippen molar-refractivity contribution in [1.29, 1.82) is 0 Å². The van der Waals surface area contributed by atoms with Gasteiger partial charge in [-0.15, -0.1) is 9.24 Å². The first-order valence-corrected chi connectivity index (χ1v) is 3.10. The molecule has 0 aliphatic rings. The molecule has 0 bridgehead atoms. The minimum Gasteiger partial charge on any atom is -0.324 e. The Morgan fingerprint density at radius 3 is 2.57 bits per heavy atom. The predicted octanol–water partition coefficient (Wildman–Crippen LogP) is -0.244. The molecule has 0 aromatic rings. The highest BCUT2D eigenvalue weighted by Crippen LogP contribution is 1.93. The summed E-state index contributed by atoms with van der Waals surface area (Å²) in [5, 5.41) is 3.01. The Kier molecular flexibility index (Phi) is 4.73. The van der Waals surface area contributed by atoms with Crippen LogP contribution in [0.4, 0.5) is 0 Å². The summed E-state index contributed by atoms with van der Waals surface area (Å²) in [4.78, 5) is 0. The average molecular weight is 120 g/mol. The molecule has 0 amide bonds. The SMILES string of the molecule is CNCCC(N)P. The van der Waals surface area contributed by atoms with Crippen molar-refractivity contribution in [3.05, 3.63) is 0 Å². The van der Waals surface area contributed by atoms with Gasteiger partial charge in [-0.3, -0.25) is 0 Å². The maximum absolute atomic E-state index is 5.40. The molecule has 0 rings (SSSR count). The van der Waals surface area contributed by atoms with Crippen molar-refractivity contribution in [1.82, 2.24) is 5.32 Å². The fraction of sp³-hybridized carbons (Fsp3) is 1.00. The lowest BCUT2D eigenvalue weighted by Crippen LogP contribution is -2.18. The van der Waals surface area contributed by atoms with Gasteiger partial charge < -0.3 is 11.1 Å². The van der Waals surface area contributed by atoms with E-state index >= 15 is 0 Å². The third-order valence-electron chi connectivity index (χ3n) is 0.728. The second kappa shape index (κ2) is 4.51. The van der Waals surface area contributed by atoms with Crippen LogP contribution >= 0.6 is 9.24 Å². The van der Waals surface area contributed by atoms with E-state index in [-0.39, 0.29) is 5.78 Å². The van der Waals surface area contributed by atoms with Crippen LogP contribution in [0.5, 0.6) is 0 Å². The molecule has 0 aliphatic heterocycles. The Balaban J connectivity index is 2.68. The number of hydrogen-bond donors (Lipinski definition) is 2. The van der Waals surface area contributed by atoms with E-state index in [4.69, 9.17) is 5.73 Å². The zero-order valence-corrected chi connectivity index (χ0v) is 5.80. The number of rotatable bonds is 3. The van der Waals surface area contributed by atoms with Gasteiger partial charge in [0, 0.05) is 5.78 Å². The van der Waals surface area contributed by atoms with Gasteiger partial charge in [-0.25, -0.2) is 0 Å². The average Bonchev–Trinajstić information content (AvgIpc) is 1.61. The van der Waals surface area contributed by atoms with Gasteiger partial charge >= 0.3 is 0 Å². The van der Waals surface area contributed by atoms with Gasteiger partial charge in [-0.05, 0) is 20.0 Å². The van der Waals surface area contributed by atoms with Crippen molar-refractivity contribution in [2.45, 2.75) is 12.2 Å². The molecule has 0 fully saturated rings. The normalized spacial score (nSPS) is 14.1. The third kappa shape index (κ3) is 6.35. The lowest BCUT2D eigenvalue weighted by Gasteiger charge is -2.00. The summed E-state index contributed by atoms with van der Waals surface area (Å²) in [6.45, 7) is 1.00. The van der Waals surface area contributed by atoms with Crippen LogP contribution in [0.25, 0.3) is 0 Å². The van der Waals surface area contributed by atoms with Crippen molar-refractivity contribution in [3.8, 4) is 0 Å². The number of nitrogens with two attached hydrogens (primary N) is 1. The van der Waals surface area contributed by atoms with Crippen LogP contribution in [0.1, 0.15) is 6.42 Å². The van der Waals surface area contributed by atoms with E-state index in [2.05, 4.69) is 14.6 Å². The molecule has 0 radical (unpaired) electrons. The predicted molar refractivity (Wildman–Crippen MR) is 36.2 cm³/mol. The van der Waals surface area contributed by atoms with E-state index in [1.165, 1.54) is 0 Å². The van der Waals surface area contributed by atoms with Crippen LogP contribution < -0.4 is 11.1 Å². The van der Waals surface area contributed by atoms with Crippen LogP contribution in [0.2, 0.25) is 0 Å². The molecular formula is C4H13N2P. The first-order chi connectivity index (χ1) is 3.27. The largest absolute Gasteiger partial charge is 0.324 e. The van der Waals surface area contributed by atoms with E-state index in [0.29, 0.717) is 0 Å². The Morgan fingerprint density at radius 2 is 2.43 bits per heavy atom. The van der Waals surface area contributed by atoms with E-state index in [1.807, 2.05) is 7.05 Å². The van der Waals surface area contributed by atoms with Gasteiger partial charge in [0.05, 0.1) is 0 Å². The van der Waals surface area contributed by atoms with Crippen molar-refractivity contribution in [3.63, 3.8) is 0 Å². The van der Waals surface area contributed by atoms with Gasteiger partial charge in [0.25, 0.3) is 0 Å². The molecule has 2 atom stereocenters. The highest BCUT2D eigenvalue weighted by Gasteiger charge is 1.88. The van der Waals surface area contributed by atoms with Crippen LogP contribution in [0, 0.1) is 0 Å². The van der Waals surface area contributed by atoms with E-state index in [1.54, 1.807) is 0 Å². The van der Waals surface area contributed by atoms with E-state index in [9.17, 15) is 0 Å². The second-order valence-corrected chi connectivity index (χ2v) is 2.41. The molecule has 0 aliphatic carbocycles. The summed E-state index contributed by atoms with van der Waals surface area (Å²) in [6, 6.07) is 0. The Labute approximate surface area is 47.1 Å². The summed E-state index contributed by atoms with van der Waals surface area (Å²) in [7, 11) is 4.47. The number of hydrogen-bond acceptors (Lipinski definition) is 2. The third-order valence-corrected chi connectivity index (χ3v) is 1.06. The molecule has 0 saturated heterocycles. The Bertz CT molecular complexity index is 38.7. The number of nitrogens with one attached hydrogen (secondary N) is 1. The van der Waals surface area contributed by atoms with Gasteiger partial charge in [0.15, 0.2) is 0 Å². The highest BCUT2D eigenvalue weighted by atomic mass is 31.0. The molecule has 2 nitrogen and oxygen atoms in total. The van der Waals surface area contributed by atoms with Crippen LogP contribution in [-0.4, -0.2) is 19.4 Å². The maximum Gasteiger partial charge on any atom is 0.0196 e. The van der Waals surface area contributed by atoms with Gasteiger partial charge in [0.1, 0.15) is 0 Å². The Morgan fingerprint density at radius 1 is 1.86 bits per heavy atom. The minimum atomic E-state index is 0.257. The maximum atomic E-state index is 5.40. The summed E-state index contributed by atoms with van der Waals surface area (Å²) >= 11 is 0. The quantitative estimate of drug-likeness (QED) is 0.504. The van der Waals surface area contributed by atoms with Crippen LogP contribution in [0.3, 0.4) is 0 Å². The van der Waals surface area contributed by atoms with Crippen molar-refractivity contribution in [2.24, 2.45) is 5.73 Å². The zero-order chi connectivity index (χ0) is 5.70. The first-order valence-electron chi connectivity index (χ1n) is 2.43. The van der Waals surface area contributed by atoms with Gasteiger partial charge in [-0.1, -0.05) is 0 Å². The summed E-state index contributed by atoms with van der Waals surface area (Å²) in [5.74, 6) is 0.257. The van der Waals surface area contributed by atoms with Crippen molar-refractivity contribution < 1.29 is 0 Å². The lowest BCUT2D eigenvalue weighted by molar-refractivity contribution is 0.708. The minimum absolute atomic E-state index is 0.257. The van der Waals surface area contributed by atoms with E-state index in [0.717, 1.165) is 13.0 Å². The van der Waals surface area contributed by atoms with Gasteiger partial charge in [-0.2, -0.15) is 0 Å². The summed E-state index contributed by atoms with van der Waals surface area (Å²) in [6.07, 6.45) is 1.03. The molecule has 3 heteroatoms. The fourth-order valence-electron chi connectivity index (χ4n) is 0.311.